The maximum absolute atomic E-state index is 4.79. The minimum absolute atomic E-state index is 0.928. The lowest BCUT2D eigenvalue weighted by Crippen LogP contribution is -1.96. The Bertz CT molecular complexity index is 1430. The van der Waals surface area contributed by atoms with Crippen molar-refractivity contribution >= 4 is 0 Å². The highest BCUT2D eigenvalue weighted by atomic mass is 14.7. The zero-order valence-electron chi connectivity index (χ0n) is 18.8. The molecule has 0 aliphatic heterocycles. The summed E-state index contributed by atoms with van der Waals surface area (Å²) in [7, 11) is 0. The number of rotatable bonds is 4. The van der Waals surface area contributed by atoms with Crippen molar-refractivity contribution in [2.24, 2.45) is 0 Å². The van der Waals surface area contributed by atoms with E-state index in [1.165, 1.54) is 0 Å². The zero-order valence-corrected chi connectivity index (χ0v) is 18.8. The molecule has 0 N–H and O–H groups in total. The summed E-state index contributed by atoms with van der Waals surface area (Å²) in [6.45, 7) is 6.23. The monoisotopic (exact) mass is 429 g/mol. The third kappa shape index (κ3) is 4.13. The first-order valence-corrected chi connectivity index (χ1v) is 10.8. The minimum atomic E-state index is 0.928. The van der Waals surface area contributed by atoms with Gasteiger partial charge in [0, 0.05) is 71.2 Å². The van der Waals surface area contributed by atoms with E-state index in [9.17, 15) is 0 Å². The summed E-state index contributed by atoms with van der Waals surface area (Å²) in [4.78, 5) is 22.6. The number of pyridine rings is 5. The van der Waals surface area contributed by atoms with E-state index >= 15 is 0 Å². The van der Waals surface area contributed by atoms with Crippen LogP contribution in [0.5, 0.6) is 0 Å². The van der Waals surface area contributed by atoms with Crippen molar-refractivity contribution < 1.29 is 0 Å². The molecule has 5 rings (SSSR count). The normalized spacial score (nSPS) is 10.9. The molecule has 160 valence electrons. The Morgan fingerprint density at radius 2 is 0.879 bits per heavy atom. The molecule has 0 radical (unpaired) electrons. The first kappa shape index (κ1) is 20.6. The van der Waals surface area contributed by atoms with Crippen molar-refractivity contribution in [3.05, 3.63) is 103 Å². The summed E-state index contributed by atoms with van der Waals surface area (Å²) in [5.41, 5.74) is 11.2. The summed E-state index contributed by atoms with van der Waals surface area (Å²) in [6, 6.07) is 14.3. The highest BCUT2D eigenvalue weighted by Gasteiger charge is 2.12. The van der Waals surface area contributed by atoms with Gasteiger partial charge in [0.15, 0.2) is 0 Å². The Labute approximate surface area is 193 Å². The van der Waals surface area contributed by atoms with Crippen molar-refractivity contribution in [2.75, 3.05) is 0 Å². The molecule has 0 amide bonds. The maximum atomic E-state index is 4.79. The summed E-state index contributed by atoms with van der Waals surface area (Å²) >= 11 is 0. The van der Waals surface area contributed by atoms with Gasteiger partial charge in [-0.1, -0.05) is 6.07 Å². The van der Waals surface area contributed by atoms with E-state index in [0.717, 1.165) is 61.6 Å². The van der Waals surface area contributed by atoms with Crippen LogP contribution in [0.3, 0.4) is 0 Å². The van der Waals surface area contributed by atoms with E-state index in [1.54, 1.807) is 12.4 Å². The summed E-state index contributed by atoms with van der Waals surface area (Å²) in [5.74, 6) is 0. The van der Waals surface area contributed by atoms with Gasteiger partial charge in [-0.25, -0.2) is 0 Å². The van der Waals surface area contributed by atoms with Crippen LogP contribution in [0.4, 0.5) is 0 Å². The molecule has 5 nitrogen and oxygen atoms in total. The molecular formula is C28H23N5. The van der Waals surface area contributed by atoms with Crippen LogP contribution in [0.2, 0.25) is 0 Å². The lowest BCUT2D eigenvalue weighted by molar-refractivity contribution is 1.20. The Kier molecular flexibility index (Phi) is 5.45. The van der Waals surface area contributed by atoms with Crippen LogP contribution in [0.25, 0.3) is 44.9 Å². The molecule has 0 fully saturated rings. The SMILES string of the molecule is Cc1cc(-c2cccnc2)cnc1-c1cnc(-c2cnc(-c3cccnc3)c(C)c2)c(C)c1. The molecule has 0 bridgehead atoms. The second-order valence-corrected chi connectivity index (χ2v) is 8.15. The molecule has 5 aromatic heterocycles. The predicted octanol–water partition coefficient (Wildman–Crippen LogP) is 6.25. The Balaban J connectivity index is 1.46. The smallest absolute Gasteiger partial charge is 0.0747 e. The van der Waals surface area contributed by atoms with Crippen molar-refractivity contribution in [3.8, 4) is 44.9 Å². The van der Waals surface area contributed by atoms with E-state index in [4.69, 9.17) is 15.0 Å². The molecule has 0 saturated carbocycles. The number of hydrogen-bond acceptors (Lipinski definition) is 5. The number of aryl methyl sites for hydroxylation is 3. The van der Waals surface area contributed by atoms with Crippen molar-refractivity contribution in [2.45, 2.75) is 20.8 Å². The summed E-state index contributed by atoms with van der Waals surface area (Å²) in [6.07, 6.45) is 12.9. The third-order valence-corrected chi connectivity index (χ3v) is 5.71. The van der Waals surface area contributed by atoms with Crippen molar-refractivity contribution in [3.63, 3.8) is 0 Å². The zero-order chi connectivity index (χ0) is 22.8. The second kappa shape index (κ2) is 8.71. The predicted molar refractivity (Wildman–Crippen MR) is 131 cm³/mol. The quantitative estimate of drug-likeness (QED) is 0.338. The number of aromatic nitrogens is 5. The molecule has 5 aromatic rings. The highest BCUT2D eigenvalue weighted by molar-refractivity contribution is 5.73. The Hall–Kier alpha value is -4.25. The van der Waals surface area contributed by atoms with Crippen LogP contribution < -0.4 is 0 Å². The standard InChI is InChI=1S/C28H23N5/c1-18-10-23(21-6-4-8-29-13-21)15-31-27(18)25-12-20(3)28(33-17-25)24-11-19(2)26(32-16-24)22-7-5-9-30-14-22/h4-17H,1-3H3. The van der Waals surface area contributed by atoms with E-state index in [2.05, 4.69) is 48.9 Å². The fraction of sp³-hybridized carbons (Fsp3) is 0.107. The maximum Gasteiger partial charge on any atom is 0.0747 e. The van der Waals surface area contributed by atoms with E-state index in [-0.39, 0.29) is 0 Å². The van der Waals surface area contributed by atoms with Crippen LogP contribution in [0, 0.1) is 20.8 Å². The molecule has 0 saturated heterocycles. The summed E-state index contributed by atoms with van der Waals surface area (Å²) in [5, 5.41) is 0. The van der Waals surface area contributed by atoms with Crippen LogP contribution in [0.1, 0.15) is 16.7 Å². The number of nitrogens with zero attached hydrogens (tertiary/aromatic N) is 5. The fourth-order valence-corrected chi connectivity index (χ4v) is 4.08. The Morgan fingerprint density at radius 3 is 1.33 bits per heavy atom. The van der Waals surface area contributed by atoms with Gasteiger partial charge in [-0.3, -0.25) is 24.9 Å². The summed E-state index contributed by atoms with van der Waals surface area (Å²) < 4.78 is 0. The molecule has 0 unspecified atom stereocenters. The van der Waals surface area contributed by atoms with Crippen molar-refractivity contribution in [1.82, 2.24) is 24.9 Å². The third-order valence-electron chi connectivity index (χ3n) is 5.71. The van der Waals surface area contributed by atoms with Gasteiger partial charge in [-0.2, -0.15) is 0 Å². The molecule has 0 atom stereocenters. The topological polar surface area (TPSA) is 64.5 Å². The van der Waals surface area contributed by atoms with Gasteiger partial charge < -0.3 is 0 Å². The first-order chi connectivity index (χ1) is 16.1. The first-order valence-electron chi connectivity index (χ1n) is 10.8. The lowest BCUT2D eigenvalue weighted by Gasteiger charge is -2.12. The van der Waals surface area contributed by atoms with Gasteiger partial charge in [0.25, 0.3) is 0 Å². The molecule has 33 heavy (non-hydrogen) atoms. The van der Waals surface area contributed by atoms with Crippen LogP contribution in [-0.4, -0.2) is 24.9 Å². The molecule has 0 aliphatic carbocycles. The molecule has 0 spiro atoms. The largest absolute Gasteiger partial charge is 0.264 e. The van der Waals surface area contributed by atoms with Crippen LogP contribution in [-0.2, 0) is 0 Å². The Morgan fingerprint density at radius 1 is 0.455 bits per heavy atom. The highest BCUT2D eigenvalue weighted by Crippen LogP contribution is 2.30. The fourth-order valence-electron chi connectivity index (χ4n) is 4.08. The van der Waals surface area contributed by atoms with Crippen molar-refractivity contribution in [1.29, 1.82) is 0 Å². The molecule has 5 heteroatoms. The van der Waals surface area contributed by atoms with Gasteiger partial charge in [0.05, 0.1) is 17.1 Å². The van der Waals surface area contributed by atoms with Gasteiger partial charge >= 0.3 is 0 Å². The van der Waals surface area contributed by atoms with E-state index < -0.39 is 0 Å². The molecular weight excluding hydrogens is 406 g/mol. The van der Waals surface area contributed by atoms with Gasteiger partial charge in [0.1, 0.15) is 0 Å². The average molecular weight is 430 g/mol. The van der Waals surface area contributed by atoms with E-state index in [1.807, 2.05) is 55.2 Å². The van der Waals surface area contributed by atoms with Gasteiger partial charge in [-0.05, 0) is 73.9 Å². The number of hydrogen-bond donors (Lipinski definition) is 0. The van der Waals surface area contributed by atoms with Gasteiger partial charge in [-0.15, -0.1) is 0 Å². The molecule has 5 heterocycles. The second-order valence-electron chi connectivity index (χ2n) is 8.15. The minimum Gasteiger partial charge on any atom is -0.264 e. The van der Waals surface area contributed by atoms with Gasteiger partial charge in [0.2, 0.25) is 0 Å². The molecule has 0 aliphatic rings. The van der Waals surface area contributed by atoms with Crippen LogP contribution >= 0.6 is 0 Å². The molecule has 0 aromatic carbocycles. The van der Waals surface area contributed by atoms with Crippen LogP contribution in [0.15, 0.2) is 85.8 Å². The lowest BCUT2D eigenvalue weighted by atomic mass is 10.00. The van der Waals surface area contributed by atoms with E-state index in [0.29, 0.717) is 0 Å². The average Bonchev–Trinajstić information content (AvgIpc) is 2.85.